The lowest BCUT2D eigenvalue weighted by atomic mass is 10.1. The van der Waals surface area contributed by atoms with Gasteiger partial charge in [0.1, 0.15) is 0 Å². The monoisotopic (exact) mass is 1520 g/mol. The SMILES string of the molecule is C/C(=C\c1ccccc1)Cn1cc(CCCCCCc2cnc(N)[nH]2)nn1.C/C(=C\c1ccccc1)Cn1cc(CCCCCc2cnc(N)[nH]2)nn1.C/C(=C\c1ccccc1)Cn1cc(CCCn2ccnn2)nn1.Cl.Cl.Cl.Nc1ncc(CCc2cn(Cc3c[nH]c4ccccc34)nn2)[nH]1.Nc1ncc[nH]1. The summed E-state index contributed by atoms with van der Waals surface area (Å²) in [5.74, 6) is 1.91. The fourth-order valence-electron chi connectivity index (χ4n) is 11.6. The number of aromatic amines is 5. The molecule has 568 valence electrons. The number of rotatable bonds is 31. The molecular formula is C77H99Cl3N28. The number of H-pyrrole nitrogens is 5. The molecule has 0 aliphatic rings. The van der Waals surface area contributed by atoms with Gasteiger partial charge in [0, 0.05) is 84.1 Å². The van der Waals surface area contributed by atoms with Crippen LogP contribution in [-0.2, 0) is 77.7 Å². The molecule has 0 unspecified atom stereocenters. The van der Waals surface area contributed by atoms with E-state index in [0.29, 0.717) is 30.3 Å². The van der Waals surface area contributed by atoms with Gasteiger partial charge in [-0.1, -0.05) is 189 Å². The van der Waals surface area contributed by atoms with Crippen molar-refractivity contribution >= 4 is 90.1 Å². The number of aryl methyl sites for hydroxylation is 8. The zero-order chi connectivity index (χ0) is 73.1. The lowest BCUT2D eigenvalue weighted by Crippen LogP contribution is -2.01. The zero-order valence-corrected chi connectivity index (χ0v) is 63.8. The van der Waals surface area contributed by atoms with Crippen LogP contribution in [0.4, 0.5) is 23.8 Å². The van der Waals surface area contributed by atoms with E-state index < -0.39 is 0 Å². The van der Waals surface area contributed by atoms with Crippen molar-refractivity contribution in [3.8, 4) is 0 Å². The van der Waals surface area contributed by atoms with Crippen LogP contribution in [0, 0.1) is 0 Å². The Kier molecular flexibility index (Phi) is 35.2. The molecule has 14 rings (SSSR count). The van der Waals surface area contributed by atoms with Crippen molar-refractivity contribution in [1.82, 2.24) is 120 Å². The van der Waals surface area contributed by atoms with Gasteiger partial charge in [-0.3, -0.25) is 4.68 Å². The summed E-state index contributed by atoms with van der Waals surface area (Å²) >= 11 is 0. The molecule has 0 atom stereocenters. The molecule has 10 aromatic heterocycles. The molecule has 10 heterocycles. The van der Waals surface area contributed by atoms with Gasteiger partial charge in [-0.25, -0.2) is 38.7 Å². The maximum atomic E-state index is 5.58. The second kappa shape index (κ2) is 45.6. The Balaban J connectivity index is 0.000000194. The minimum atomic E-state index is 0. The molecule has 0 saturated heterocycles. The summed E-state index contributed by atoms with van der Waals surface area (Å²) in [6.45, 7) is 10.2. The van der Waals surface area contributed by atoms with Gasteiger partial charge in [0.25, 0.3) is 0 Å². The first kappa shape index (κ1) is 83.5. The van der Waals surface area contributed by atoms with Gasteiger partial charge in [0.2, 0.25) is 0 Å². The predicted molar refractivity (Wildman–Crippen MR) is 434 cm³/mol. The van der Waals surface area contributed by atoms with Gasteiger partial charge in [0.15, 0.2) is 23.8 Å². The molecule has 0 amide bonds. The molecule has 31 heteroatoms. The summed E-state index contributed by atoms with van der Waals surface area (Å²) in [6, 6.07) is 39.3. The van der Waals surface area contributed by atoms with Crippen molar-refractivity contribution in [2.45, 2.75) is 150 Å². The summed E-state index contributed by atoms with van der Waals surface area (Å²) in [5.41, 5.74) is 38.9. The third-order valence-electron chi connectivity index (χ3n) is 16.6. The van der Waals surface area contributed by atoms with Crippen LogP contribution in [-0.4, -0.2) is 120 Å². The van der Waals surface area contributed by atoms with Crippen molar-refractivity contribution in [3.05, 3.63) is 268 Å². The van der Waals surface area contributed by atoms with Crippen molar-refractivity contribution in [2.75, 3.05) is 22.9 Å². The summed E-state index contributed by atoms with van der Waals surface area (Å²) in [5, 5.41) is 43.0. The Morgan fingerprint density at radius 1 is 0.389 bits per heavy atom. The Morgan fingerprint density at radius 2 is 0.796 bits per heavy atom. The lowest BCUT2D eigenvalue weighted by molar-refractivity contribution is 0.555. The van der Waals surface area contributed by atoms with E-state index >= 15 is 0 Å². The molecule has 0 saturated carbocycles. The van der Waals surface area contributed by atoms with E-state index in [4.69, 9.17) is 22.9 Å². The summed E-state index contributed by atoms with van der Waals surface area (Å²) in [6.07, 6.45) is 44.4. The van der Waals surface area contributed by atoms with Crippen LogP contribution < -0.4 is 22.9 Å². The third-order valence-corrected chi connectivity index (χ3v) is 16.6. The summed E-state index contributed by atoms with van der Waals surface area (Å²) < 4.78 is 9.42. The zero-order valence-electron chi connectivity index (χ0n) is 61.3. The van der Waals surface area contributed by atoms with Crippen LogP contribution in [0.15, 0.2) is 206 Å². The molecule has 4 aromatic carbocycles. The van der Waals surface area contributed by atoms with Gasteiger partial charge in [-0.15, -0.1) is 62.7 Å². The summed E-state index contributed by atoms with van der Waals surface area (Å²) in [4.78, 5) is 30.7. The molecule has 0 radical (unpaired) electrons. The van der Waals surface area contributed by atoms with Crippen molar-refractivity contribution in [2.24, 2.45) is 0 Å². The molecule has 0 bridgehead atoms. The first-order chi connectivity index (χ1) is 51.3. The van der Waals surface area contributed by atoms with Crippen LogP contribution in [0.1, 0.15) is 134 Å². The fourth-order valence-corrected chi connectivity index (χ4v) is 11.6. The van der Waals surface area contributed by atoms with E-state index in [-0.39, 0.29) is 37.2 Å². The number of imidazole rings is 4. The van der Waals surface area contributed by atoms with E-state index in [1.54, 1.807) is 24.8 Å². The van der Waals surface area contributed by atoms with Gasteiger partial charge >= 0.3 is 0 Å². The number of nitrogens with zero attached hydrogens (tertiary/aromatic N) is 19. The van der Waals surface area contributed by atoms with Crippen LogP contribution in [0.2, 0.25) is 0 Å². The number of para-hydroxylation sites is 1. The minimum Gasteiger partial charge on any atom is -0.369 e. The van der Waals surface area contributed by atoms with E-state index in [1.165, 1.54) is 57.2 Å². The molecular weight excluding hydrogens is 1420 g/mol. The number of nitrogen functional groups attached to an aromatic ring is 4. The standard InChI is InChI=1S/C21H28N6.C20H26N6.C17H20N6.C16H17N7.C3H5N3.3ClH/c1-17(13-18-9-5-4-6-10-18)15-27-16-20(25-26-27)12-8-3-2-7-11-19-14-23-21(22)24-19;1-16(12-17-8-4-2-5-9-17)14-26-15-19(24-25-26)11-7-3-6-10-18-13-22-20(21)23-18;1-15(12-16-6-3-2-4-7-16)13-23-14-17(19-21-23)8-5-10-22-11-9-18-20-22;17-16-19-8-12(20-16)5-6-13-10-23(22-21-13)9-11-7-18-15-4-2-1-3-14(11)15;4-3-5-1-2-6-3;;;/h4-6,9-10,13-14,16H,2-3,7-8,11-12,15H2,1H3,(H3,22,23,24);2,4-5,8-9,12-13,15H,3,6-7,10-11,14H2,1H3,(H3,21,22,23);2-4,6-7,9,11-12,14H,5,8,10,13H2,1H3;1-4,7-8,10,18H,5-6,9H2,(H3,17,19,20);1-2H,(H3,4,5,6);3*1H/b17-13+;16-12+;15-12+;;;;;. The maximum absolute atomic E-state index is 5.58. The maximum Gasteiger partial charge on any atom is 0.197 e. The van der Waals surface area contributed by atoms with E-state index in [0.717, 1.165) is 155 Å². The molecule has 28 nitrogen and oxygen atoms in total. The molecule has 0 fully saturated rings. The minimum absolute atomic E-state index is 0. The number of anilines is 4. The highest BCUT2D eigenvalue weighted by Crippen LogP contribution is 2.20. The number of hydrogen-bond donors (Lipinski definition) is 9. The average Bonchev–Trinajstić information content (AvgIpc) is 1.68. The number of halogens is 3. The first-order valence-electron chi connectivity index (χ1n) is 35.6. The fraction of sp³-hybridized carbons (Fsp3) is 0.299. The van der Waals surface area contributed by atoms with E-state index in [1.807, 2.05) is 115 Å². The Morgan fingerprint density at radius 3 is 1.21 bits per heavy atom. The van der Waals surface area contributed by atoms with Crippen LogP contribution in [0.3, 0.4) is 0 Å². The Hall–Kier alpha value is -11.8. The van der Waals surface area contributed by atoms with Crippen molar-refractivity contribution in [3.63, 3.8) is 0 Å². The quantitative estimate of drug-likeness (QED) is 0.0182. The van der Waals surface area contributed by atoms with Crippen LogP contribution in [0.5, 0.6) is 0 Å². The van der Waals surface area contributed by atoms with Crippen LogP contribution >= 0.6 is 37.2 Å². The summed E-state index contributed by atoms with van der Waals surface area (Å²) in [7, 11) is 0. The second-order valence-corrected chi connectivity index (χ2v) is 25.8. The number of fused-ring (bicyclic) bond motifs is 1. The molecule has 0 aliphatic carbocycles. The predicted octanol–water partition coefficient (Wildman–Crippen LogP) is 13.4. The number of benzene rings is 4. The van der Waals surface area contributed by atoms with Gasteiger partial charge < -0.3 is 47.9 Å². The smallest absolute Gasteiger partial charge is 0.197 e. The van der Waals surface area contributed by atoms with Gasteiger partial charge in [0.05, 0.1) is 73.7 Å². The normalized spacial score (nSPS) is 11.2. The van der Waals surface area contributed by atoms with Crippen molar-refractivity contribution in [1.29, 1.82) is 0 Å². The molecule has 13 N–H and O–H groups in total. The highest BCUT2D eigenvalue weighted by Gasteiger charge is 2.10. The topological polar surface area (TPSA) is 388 Å². The second-order valence-electron chi connectivity index (χ2n) is 25.8. The highest BCUT2D eigenvalue weighted by molar-refractivity contribution is 5.86. The highest BCUT2D eigenvalue weighted by atomic mass is 35.5. The van der Waals surface area contributed by atoms with E-state index in [9.17, 15) is 0 Å². The Bertz CT molecular complexity index is 4810. The lowest BCUT2D eigenvalue weighted by Gasteiger charge is -2.01. The average molecular weight is 1520 g/mol. The van der Waals surface area contributed by atoms with Crippen LogP contribution in [0.25, 0.3) is 29.1 Å². The third kappa shape index (κ3) is 30.0. The molecule has 108 heavy (non-hydrogen) atoms. The molecule has 0 aliphatic heterocycles. The number of aromatic nitrogens is 24. The molecule has 14 aromatic rings. The molecule has 0 spiro atoms. The van der Waals surface area contributed by atoms with Crippen molar-refractivity contribution < 1.29 is 0 Å². The number of allylic oxidation sites excluding steroid dienone is 3. The number of nitrogens with one attached hydrogen (secondary N) is 5. The Labute approximate surface area is 647 Å². The largest absolute Gasteiger partial charge is 0.369 e. The van der Waals surface area contributed by atoms with E-state index in [2.05, 4.69) is 208 Å². The first-order valence-corrected chi connectivity index (χ1v) is 35.6. The number of unbranched alkanes of at least 4 members (excludes halogenated alkanes) is 5. The number of hydrogen-bond acceptors (Lipinski definition) is 18. The van der Waals surface area contributed by atoms with Gasteiger partial charge in [-0.05, 0) is 126 Å². The number of nitrogens with two attached hydrogens (primary N) is 4. The van der Waals surface area contributed by atoms with Gasteiger partial charge in [-0.2, -0.15) is 0 Å².